The van der Waals surface area contributed by atoms with E-state index in [1.54, 1.807) is 4.68 Å². The Bertz CT molecular complexity index is 926. The van der Waals surface area contributed by atoms with Crippen LogP contribution in [0.15, 0.2) is 42.5 Å². The molecule has 0 aliphatic rings. The highest BCUT2D eigenvalue weighted by Gasteiger charge is 2.19. The summed E-state index contributed by atoms with van der Waals surface area (Å²) in [4.78, 5) is 16.9. The van der Waals surface area contributed by atoms with E-state index in [4.69, 9.17) is 0 Å². The van der Waals surface area contributed by atoms with Crippen LogP contribution in [-0.4, -0.2) is 27.2 Å². The lowest BCUT2D eigenvalue weighted by molar-refractivity contribution is 0.0943. The molecule has 0 saturated heterocycles. The van der Waals surface area contributed by atoms with Crippen LogP contribution >= 0.6 is 0 Å². The number of carbonyl (C=O) groups excluding carboxylic acids is 1. The zero-order valence-electron chi connectivity index (χ0n) is 15.7. The van der Waals surface area contributed by atoms with Crippen LogP contribution in [0, 0.1) is 20.8 Å². The predicted molar refractivity (Wildman–Crippen MR) is 104 cm³/mol. The van der Waals surface area contributed by atoms with E-state index in [2.05, 4.69) is 35.3 Å². The van der Waals surface area contributed by atoms with Crippen molar-refractivity contribution in [3.63, 3.8) is 0 Å². The molecule has 0 aliphatic heterocycles. The molecule has 0 fully saturated rings. The second-order valence-electron chi connectivity index (χ2n) is 6.51. The molecule has 0 bridgehead atoms. The molecule has 0 radical (unpaired) electrons. The molecule has 0 atom stereocenters. The smallest absolute Gasteiger partial charge is 0.290 e. The molecule has 26 heavy (non-hydrogen) atoms. The summed E-state index contributed by atoms with van der Waals surface area (Å²) in [5.41, 5.74) is 5.32. The van der Waals surface area contributed by atoms with Crippen molar-refractivity contribution in [2.75, 3.05) is 6.54 Å². The van der Waals surface area contributed by atoms with Crippen LogP contribution in [-0.2, 0) is 0 Å². The number of nitrogens with one attached hydrogen (secondary N) is 1. The van der Waals surface area contributed by atoms with Crippen molar-refractivity contribution in [3.05, 3.63) is 65.0 Å². The first-order valence-electron chi connectivity index (χ1n) is 8.90. The Balaban J connectivity index is 2.14. The Morgan fingerprint density at radius 1 is 1.08 bits per heavy atom. The number of amides is 1. The maximum absolute atomic E-state index is 12.4. The minimum atomic E-state index is -0.246. The van der Waals surface area contributed by atoms with Gasteiger partial charge in [-0.15, -0.1) is 5.10 Å². The summed E-state index contributed by atoms with van der Waals surface area (Å²) in [5.74, 6) is 0.611. The molecule has 0 unspecified atom stereocenters. The van der Waals surface area contributed by atoms with Crippen LogP contribution in [0.2, 0.25) is 0 Å². The van der Waals surface area contributed by atoms with E-state index < -0.39 is 0 Å². The normalized spacial score (nSPS) is 10.8. The average molecular weight is 348 g/mol. The first kappa shape index (κ1) is 17.9. The van der Waals surface area contributed by atoms with E-state index >= 15 is 0 Å². The molecule has 3 rings (SSSR count). The fourth-order valence-electron chi connectivity index (χ4n) is 2.75. The molecule has 0 saturated carbocycles. The molecule has 0 spiro atoms. The third kappa shape index (κ3) is 3.52. The Morgan fingerprint density at radius 3 is 2.50 bits per heavy atom. The van der Waals surface area contributed by atoms with Gasteiger partial charge in [0.1, 0.15) is 0 Å². The molecule has 1 amide bonds. The van der Waals surface area contributed by atoms with Crippen molar-refractivity contribution < 1.29 is 4.79 Å². The van der Waals surface area contributed by atoms with Crippen molar-refractivity contribution >= 4 is 5.91 Å². The summed E-state index contributed by atoms with van der Waals surface area (Å²) >= 11 is 0. The lowest BCUT2D eigenvalue weighted by Crippen LogP contribution is -2.25. The summed E-state index contributed by atoms with van der Waals surface area (Å²) in [5, 5.41) is 7.38. The lowest BCUT2D eigenvalue weighted by atomic mass is 10.1. The van der Waals surface area contributed by atoms with E-state index in [1.807, 2.05) is 50.2 Å². The second kappa shape index (κ2) is 7.52. The van der Waals surface area contributed by atoms with Gasteiger partial charge in [-0.1, -0.05) is 48.9 Å². The van der Waals surface area contributed by atoms with Crippen molar-refractivity contribution in [2.45, 2.75) is 34.1 Å². The van der Waals surface area contributed by atoms with E-state index in [0.29, 0.717) is 12.4 Å². The van der Waals surface area contributed by atoms with E-state index in [1.165, 1.54) is 11.1 Å². The third-order valence-corrected chi connectivity index (χ3v) is 4.46. The van der Waals surface area contributed by atoms with Crippen molar-refractivity contribution in [1.29, 1.82) is 0 Å². The van der Waals surface area contributed by atoms with Crippen LogP contribution in [0.1, 0.15) is 40.7 Å². The zero-order valence-corrected chi connectivity index (χ0v) is 15.7. The van der Waals surface area contributed by atoms with Crippen LogP contribution in [0.4, 0.5) is 0 Å². The third-order valence-electron chi connectivity index (χ3n) is 4.46. The Kier molecular flexibility index (Phi) is 5.16. The standard InChI is InChI=1S/C21H24N4O/c1-5-13-22-21(26)19-23-20(17-11-9-14(2)10-12-17)25(24-19)18-8-6-7-15(3)16(18)4/h6-12H,5,13H2,1-4H3,(H,22,26). The molecule has 5 heteroatoms. The van der Waals surface area contributed by atoms with Gasteiger partial charge in [0.25, 0.3) is 5.91 Å². The van der Waals surface area contributed by atoms with Crippen LogP contribution in [0.5, 0.6) is 0 Å². The van der Waals surface area contributed by atoms with Gasteiger partial charge in [0.05, 0.1) is 5.69 Å². The molecular weight excluding hydrogens is 324 g/mol. The fraction of sp³-hybridized carbons (Fsp3) is 0.286. The van der Waals surface area contributed by atoms with Crippen molar-refractivity contribution in [2.24, 2.45) is 0 Å². The van der Waals surface area contributed by atoms with E-state index in [0.717, 1.165) is 23.2 Å². The number of benzene rings is 2. The summed E-state index contributed by atoms with van der Waals surface area (Å²) in [6.07, 6.45) is 0.869. The first-order chi connectivity index (χ1) is 12.5. The van der Waals surface area contributed by atoms with E-state index in [-0.39, 0.29) is 11.7 Å². The van der Waals surface area contributed by atoms with Crippen LogP contribution < -0.4 is 5.32 Å². The minimum Gasteiger partial charge on any atom is -0.349 e. The van der Waals surface area contributed by atoms with Gasteiger partial charge in [0, 0.05) is 12.1 Å². The molecule has 1 heterocycles. The second-order valence-corrected chi connectivity index (χ2v) is 6.51. The van der Waals surface area contributed by atoms with Gasteiger partial charge in [-0.25, -0.2) is 9.67 Å². The maximum atomic E-state index is 12.4. The van der Waals surface area contributed by atoms with Gasteiger partial charge in [-0.05, 0) is 44.4 Å². The van der Waals surface area contributed by atoms with Gasteiger partial charge in [0.15, 0.2) is 5.82 Å². The quantitative estimate of drug-likeness (QED) is 0.758. The van der Waals surface area contributed by atoms with E-state index in [9.17, 15) is 4.79 Å². The number of hydrogen-bond acceptors (Lipinski definition) is 3. The Hall–Kier alpha value is -2.95. The average Bonchev–Trinajstić information content (AvgIpc) is 3.08. The first-order valence-corrected chi connectivity index (χ1v) is 8.90. The molecule has 2 aromatic carbocycles. The Morgan fingerprint density at radius 2 is 1.81 bits per heavy atom. The highest BCUT2D eigenvalue weighted by atomic mass is 16.2. The number of rotatable bonds is 5. The molecule has 134 valence electrons. The van der Waals surface area contributed by atoms with Gasteiger partial charge in [0.2, 0.25) is 5.82 Å². The summed E-state index contributed by atoms with van der Waals surface area (Å²) in [7, 11) is 0. The van der Waals surface area contributed by atoms with Gasteiger partial charge >= 0.3 is 0 Å². The number of nitrogens with zero attached hydrogens (tertiary/aromatic N) is 3. The highest BCUT2D eigenvalue weighted by molar-refractivity contribution is 5.91. The SMILES string of the molecule is CCCNC(=O)c1nc(-c2ccc(C)cc2)n(-c2cccc(C)c2C)n1. The number of hydrogen-bond donors (Lipinski definition) is 1. The summed E-state index contributed by atoms with van der Waals surface area (Å²) in [6.45, 7) is 8.79. The summed E-state index contributed by atoms with van der Waals surface area (Å²) in [6, 6.07) is 14.2. The topological polar surface area (TPSA) is 59.8 Å². The molecule has 1 N–H and O–H groups in total. The number of aryl methyl sites for hydroxylation is 2. The molecular formula is C21H24N4O. The zero-order chi connectivity index (χ0) is 18.7. The summed E-state index contributed by atoms with van der Waals surface area (Å²) < 4.78 is 1.77. The van der Waals surface area contributed by atoms with Gasteiger partial charge < -0.3 is 5.32 Å². The number of aromatic nitrogens is 3. The van der Waals surface area contributed by atoms with Crippen LogP contribution in [0.3, 0.4) is 0 Å². The van der Waals surface area contributed by atoms with Crippen molar-refractivity contribution in [3.8, 4) is 17.1 Å². The number of carbonyl (C=O) groups is 1. The van der Waals surface area contributed by atoms with Gasteiger partial charge in [-0.2, -0.15) is 0 Å². The largest absolute Gasteiger partial charge is 0.349 e. The highest BCUT2D eigenvalue weighted by Crippen LogP contribution is 2.25. The molecule has 5 nitrogen and oxygen atoms in total. The Labute approximate surface area is 154 Å². The maximum Gasteiger partial charge on any atom is 0.290 e. The monoisotopic (exact) mass is 348 g/mol. The predicted octanol–water partition coefficient (Wildman–Crippen LogP) is 4.00. The fourth-order valence-corrected chi connectivity index (χ4v) is 2.75. The molecule has 1 aromatic heterocycles. The minimum absolute atomic E-state index is 0.190. The van der Waals surface area contributed by atoms with Gasteiger partial charge in [-0.3, -0.25) is 4.79 Å². The molecule has 3 aromatic rings. The van der Waals surface area contributed by atoms with Crippen molar-refractivity contribution in [1.82, 2.24) is 20.1 Å². The molecule has 0 aliphatic carbocycles. The van der Waals surface area contributed by atoms with Crippen LogP contribution in [0.25, 0.3) is 17.1 Å². The lowest BCUT2D eigenvalue weighted by Gasteiger charge is -2.11.